The number of carboxylic acids is 1. The van der Waals surface area contributed by atoms with Gasteiger partial charge in [0.2, 0.25) is 0 Å². The Labute approximate surface area is 156 Å². The number of ether oxygens (including phenoxy) is 1. The molecule has 2 rings (SSSR count). The van der Waals surface area contributed by atoms with Gasteiger partial charge in [-0.05, 0) is 52.9 Å². The first-order chi connectivity index (χ1) is 12.5. The van der Waals surface area contributed by atoms with Crippen LogP contribution in [0.1, 0.15) is 58.1 Å². The normalized spacial score (nSPS) is 22.9. The van der Waals surface area contributed by atoms with Gasteiger partial charge in [-0.25, -0.2) is 9.59 Å². The molecule has 1 aliphatic rings. The fraction of sp³-hybridized carbons (Fsp3) is 0.667. The number of carbonyl (C=O) groups excluding carboxylic acids is 1. The number of aryl methyl sites for hydroxylation is 1. The number of alkyl carbamates (subject to hydrolysis) is 1. The van der Waals surface area contributed by atoms with Crippen LogP contribution in [0.15, 0.2) is 15.8 Å². The van der Waals surface area contributed by atoms with Crippen LogP contribution in [0.25, 0.3) is 0 Å². The van der Waals surface area contributed by atoms with E-state index in [0.29, 0.717) is 24.8 Å². The smallest absolute Gasteiger partial charge is 0.407 e. The summed E-state index contributed by atoms with van der Waals surface area (Å²) in [7, 11) is 0. The Morgan fingerprint density at radius 1 is 1.33 bits per heavy atom. The van der Waals surface area contributed by atoms with Gasteiger partial charge in [0.05, 0.1) is 12.1 Å². The van der Waals surface area contributed by atoms with Crippen LogP contribution in [0.3, 0.4) is 0 Å². The molecular weight excluding hydrogens is 354 g/mol. The number of aromatic nitrogens is 2. The van der Waals surface area contributed by atoms with E-state index in [1.54, 1.807) is 27.7 Å². The van der Waals surface area contributed by atoms with Crippen molar-refractivity contribution in [3.8, 4) is 0 Å². The van der Waals surface area contributed by atoms with Crippen molar-refractivity contribution in [1.29, 1.82) is 0 Å². The highest BCUT2D eigenvalue weighted by Gasteiger charge is 2.35. The molecule has 3 N–H and O–H groups in total. The van der Waals surface area contributed by atoms with Crippen molar-refractivity contribution in [2.24, 2.45) is 5.92 Å². The number of amides is 1. The van der Waals surface area contributed by atoms with Crippen molar-refractivity contribution in [3.63, 3.8) is 0 Å². The highest BCUT2D eigenvalue weighted by atomic mass is 16.6. The van der Waals surface area contributed by atoms with Gasteiger partial charge in [-0.2, -0.15) is 0 Å². The van der Waals surface area contributed by atoms with E-state index in [2.05, 4.69) is 10.3 Å². The minimum Gasteiger partial charge on any atom is -0.481 e. The molecule has 1 aliphatic carbocycles. The topological polar surface area (TPSA) is 130 Å². The molecule has 1 amide bonds. The first-order valence-electron chi connectivity index (χ1n) is 8.99. The van der Waals surface area contributed by atoms with Crippen LogP contribution in [-0.4, -0.2) is 38.4 Å². The average Bonchev–Trinajstić information content (AvgIpc) is 2.49. The lowest BCUT2D eigenvalue weighted by atomic mass is 9.80. The first kappa shape index (κ1) is 20.7. The Hall–Kier alpha value is -2.58. The quantitative estimate of drug-likeness (QED) is 0.725. The lowest BCUT2D eigenvalue weighted by Gasteiger charge is -2.37. The zero-order valence-electron chi connectivity index (χ0n) is 16.1. The summed E-state index contributed by atoms with van der Waals surface area (Å²) >= 11 is 0. The molecule has 0 saturated heterocycles. The molecule has 27 heavy (non-hydrogen) atoms. The van der Waals surface area contributed by atoms with Gasteiger partial charge in [0.15, 0.2) is 0 Å². The molecule has 0 aromatic carbocycles. The maximum absolute atomic E-state index is 12.3. The van der Waals surface area contributed by atoms with Crippen molar-refractivity contribution >= 4 is 12.1 Å². The molecule has 9 nitrogen and oxygen atoms in total. The Morgan fingerprint density at radius 3 is 2.59 bits per heavy atom. The standard InChI is InChI=1S/C18H27N3O6/c1-10-9-21(16(25)20-15(10)24)13-6-5-11(8-14(22)23)7-12(13)19-17(26)27-18(2,3)4/h9,11-13H,5-8H2,1-4H3,(H,19,26)(H,22,23)(H,20,24,25)/t11-,12-,13-/m1/s1. The van der Waals surface area contributed by atoms with E-state index in [9.17, 15) is 19.2 Å². The number of hydrogen-bond donors (Lipinski definition) is 3. The molecule has 0 unspecified atom stereocenters. The number of carboxylic acid groups (broad SMARTS) is 1. The molecule has 150 valence electrons. The van der Waals surface area contributed by atoms with Crippen molar-refractivity contribution in [2.45, 2.75) is 71.1 Å². The predicted molar refractivity (Wildman–Crippen MR) is 97.8 cm³/mol. The van der Waals surface area contributed by atoms with E-state index in [4.69, 9.17) is 9.84 Å². The van der Waals surface area contributed by atoms with E-state index in [1.165, 1.54) is 10.8 Å². The number of aromatic amines is 1. The molecule has 1 fully saturated rings. The van der Waals surface area contributed by atoms with E-state index >= 15 is 0 Å². The Morgan fingerprint density at radius 2 is 2.00 bits per heavy atom. The number of aliphatic carboxylic acids is 1. The highest BCUT2D eigenvalue weighted by Crippen LogP contribution is 2.33. The Balaban J connectivity index is 2.29. The highest BCUT2D eigenvalue weighted by molar-refractivity contribution is 5.68. The van der Waals surface area contributed by atoms with Gasteiger partial charge in [-0.3, -0.25) is 19.1 Å². The molecule has 1 aromatic rings. The maximum Gasteiger partial charge on any atom is 0.407 e. The first-order valence-corrected chi connectivity index (χ1v) is 8.99. The Kier molecular flexibility index (Phi) is 6.12. The van der Waals surface area contributed by atoms with Crippen molar-refractivity contribution in [2.75, 3.05) is 0 Å². The fourth-order valence-electron chi connectivity index (χ4n) is 3.45. The van der Waals surface area contributed by atoms with Gasteiger partial charge < -0.3 is 15.2 Å². The second-order valence-electron chi connectivity index (χ2n) is 8.08. The van der Waals surface area contributed by atoms with Crippen molar-refractivity contribution in [3.05, 3.63) is 32.6 Å². The van der Waals surface area contributed by atoms with E-state index in [-0.39, 0.29) is 12.3 Å². The molecule has 1 saturated carbocycles. The third kappa shape index (κ3) is 5.70. The SMILES string of the molecule is Cc1cn([C@@H]2CC[C@@H](CC(=O)O)C[C@H]2NC(=O)OC(C)(C)C)c(=O)[nH]c1=O. The summed E-state index contributed by atoms with van der Waals surface area (Å²) < 4.78 is 6.71. The molecule has 1 heterocycles. The summed E-state index contributed by atoms with van der Waals surface area (Å²) in [6.07, 6.45) is 2.37. The molecular formula is C18H27N3O6. The van der Waals surface area contributed by atoms with Crippen molar-refractivity contribution < 1.29 is 19.4 Å². The van der Waals surface area contributed by atoms with Crippen molar-refractivity contribution in [1.82, 2.24) is 14.9 Å². The summed E-state index contributed by atoms with van der Waals surface area (Å²) in [5, 5.41) is 11.9. The third-order valence-electron chi connectivity index (χ3n) is 4.59. The largest absolute Gasteiger partial charge is 0.481 e. The molecule has 9 heteroatoms. The number of hydrogen-bond acceptors (Lipinski definition) is 5. The second-order valence-corrected chi connectivity index (χ2v) is 8.08. The molecule has 0 radical (unpaired) electrons. The van der Waals surface area contributed by atoms with Crippen LogP contribution in [0.5, 0.6) is 0 Å². The van der Waals surface area contributed by atoms with E-state index in [1.807, 2.05) is 0 Å². The predicted octanol–water partition coefficient (Wildman–Crippen LogP) is 1.55. The van der Waals surface area contributed by atoms with Gasteiger partial charge in [-0.15, -0.1) is 0 Å². The Bertz CT molecular complexity index is 820. The second kappa shape index (κ2) is 7.98. The lowest BCUT2D eigenvalue weighted by molar-refractivity contribution is -0.138. The van der Waals surface area contributed by atoms with Gasteiger partial charge in [0.1, 0.15) is 5.60 Å². The maximum atomic E-state index is 12.3. The van der Waals surface area contributed by atoms with Crippen LogP contribution in [0.2, 0.25) is 0 Å². The fourth-order valence-corrected chi connectivity index (χ4v) is 3.45. The summed E-state index contributed by atoms with van der Waals surface area (Å²) in [6, 6.07) is -0.883. The number of rotatable bonds is 4. The summed E-state index contributed by atoms with van der Waals surface area (Å²) in [6.45, 7) is 6.83. The van der Waals surface area contributed by atoms with Gasteiger partial charge in [0, 0.05) is 18.2 Å². The van der Waals surface area contributed by atoms with Crippen LogP contribution < -0.4 is 16.6 Å². The molecule has 1 aromatic heterocycles. The molecule has 0 spiro atoms. The minimum absolute atomic E-state index is 0.00122. The zero-order valence-corrected chi connectivity index (χ0v) is 16.1. The van der Waals surface area contributed by atoms with Crippen LogP contribution in [0, 0.1) is 12.8 Å². The number of carbonyl (C=O) groups is 2. The summed E-state index contributed by atoms with van der Waals surface area (Å²) in [5.41, 5.74) is -1.30. The summed E-state index contributed by atoms with van der Waals surface area (Å²) in [4.78, 5) is 49.5. The van der Waals surface area contributed by atoms with Gasteiger partial charge in [-0.1, -0.05) is 0 Å². The van der Waals surface area contributed by atoms with Crippen LogP contribution in [0.4, 0.5) is 4.79 Å². The molecule has 3 atom stereocenters. The lowest BCUT2D eigenvalue weighted by Crippen LogP contribution is -2.49. The monoisotopic (exact) mass is 381 g/mol. The van der Waals surface area contributed by atoms with Gasteiger partial charge in [0.25, 0.3) is 5.56 Å². The van der Waals surface area contributed by atoms with E-state index < -0.39 is 41.0 Å². The minimum atomic E-state index is -0.897. The average molecular weight is 381 g/mol. The van der Waals surface area contributed by atoms with Gasteiger partial charge >= 0.3 is 17.8 Å². The number of H-pyrrole nitrogens is 1. The van der Waals surface area contributed by atoms with E-state index in [0.717, 1.165) is 0 Å². The number of nitrogens with zero attached hydrogens (tertiary/aromatic N) is 1. The van der Waals surface area contributed by atoms with Crippen LogP contribution >= 0.6 is 0 Å². The zero-order chi connectivity index (χ0) is 20.4. The molecule has 0 aliphatic heterocycles. The number of nitrogens with one attached hydrogen (secondary N) is 2. The molecule has 0 bridgehead atoms. The van der Waals surface area contributed by atoms with Crippen LogP contribution in [-0.2, 0) is 9.53 Å². The summed E-state index contributed by atoms with van der Waals surface area (Å²) in [5.74, 6) is -1.01. The third-order valence-corrected chi connectivity index (χ3v) is 4.59.